The van der Waals surface area contributed by atoms with Crippen LogP contribution in [0.4, 0.5) is 5.69 Å². The van der Waals surface area contributed by atoms with E-state index >= 15 is 0 Å². The second-order valence-electron chi connectivity index (χ2n) is 12.5. The largest absolute Gasteiger partial charge is 0.352 e. The molecule has 1 atom stereocenters. The minimum atomic E-state index is -4.18. The fourth-order valence-electron chi connectivity index (χ4n) is 6.09. The summed E-state index contributed by atoms with van der Waals surface area (Å²) < 4.78 is 29.9. The van der Waals surface area contributed by atoms with Gasteiger partial charge in [-0.2, -0.15) is 0 Å². The summed E-state index contributed by atoms with van der Waals surface area (Å²) >= 11 is 6.36. The average molecular weight is 672 g/mol. The zero-order chi connectivity index (χ0) is 33.6. The van der Waals surface area contributed by atoms with Crippen molar-refractivity contribution in [1.29, 1.82) is 0 Å². The van der Waals surface area contributed by atoms with Gasteiger partial charge in [0.15, 0.2) is 0 Å². The Morgan fingerprint density at radius 1 is 0.830 bits per heavy atom. The summed E-state index contributed by atoms with van der Waals surface area (Å²) in [6.45, 7) is 5.17. The molecule has 1 N–H and O–H groups in total. The van der Waals surface area contributed by atoms with Gasteiger partial charge in [-0.15, -0.1) is 0 Å². The van der Waals surface area contributed by atoms with Crippen molar-refractivity contribution in [2.45, 2.75) is 76.4 Å². The molecule has 2 amide bonds. The van der Waals surface area contributed by atoms with Gasteiger partial charge in [0, 0.05) is 24.0 Å². The van der Waals surface area contributed by atoms with Crippen LogP contribution in [0.2, 0.25) is 5.02 Å². The highest BCUT2D eigenvalue weighted by atomic mass is 35.5. The first kappa shape index (κ1) is 34.2. The predicted octanol–water partition coefficient (Wildman–Crippen LogP) is 7.16. The monoisotopic (exact) mass is 671 g/mol. The number of hydrogen-bond donors (Lipinski definition) is 1. The molecule has 0 saturated heterocycles. The van der Waals surface area contributed by atoms with Crippen LogP contribution >= 0.6 is 11.6 Å². The van der Waals surface area contributed by atoms with Crippen LogP contribution in [0.1, 0.15) is 53.5 Å². The van der Waals surface area contributed by atoms with Crippen molar-refractivity contribution in [3.05, 3.63) is 130 Å². The van der Waals surface area contributed by atoms with Crippen LogP contribution in [0, 0.1) is 20.8 Å². The topological polar surface area (TPSA) is 86.8 Å². The Labute approximate surface area is 283 Å². The molecule has 0 aliphatic heterocycles. The molecule has 47 heavy (non-hydrogen) atoms. The molecule has 9 heteroatoms. The molecule has 0 aromatic heterocycles. The lowest BCUT2D eigenvalue weighted by atomic mass is 10.0. The van der Waals surface area contributed by atoms with E-state index in [0.717, 1.165) is 47.9 Å². The third-order valence-electron chi connectivity index (χ3n) is 8.74. The number of halogens is 1. The van der Waals surface area contributed by atoms with Crippen LogP contribution in [0.25, 0.3) is 0 Å². The lowest BCUT2D eigenvalue weighted by molar-refractivity contribution is -0.140. The Hall–Kier alpha value is -4.14. The Bertz CT molecular complexity index is 1810. The molecule has 246 valence electrons. The maximum absolute atomic E-state index is 14.7. The molecule has 0 spiro atoms. The first-order chi connectivity index (χ1) is 22.5. The van der Waals surface area contributed by atoms with Crippen molar-refractivity contribution in [2.75, 3.05) is 10.8 Å². The van der Waals surface area contributed by atoms with Crippen LogP contribution in [-0.2, 0) is 32.6 Å². The van der Waals surface area contributed by atoms with Gasteiger partial charge in [0.2, 0.25) is 11.8 Å². The van der Waals surface area contributed by atoms with E-state index in [1.807, 2.05) is 69.3 Å². The van der Waals surface area contributed by atoms with Gasteiger partial charge in [-0.05, 0) is 86.2 Å². The summed E-state index contributed by atoms with van der Waals surface area (Å²) in [5, 5.41) is 3.71. The van der Waals surface area contributed by atoms with E-state index in [0.29, 0.717) is 16.3 Å². The molecule has 0 unspecified atom stereocenters. The highest BCUT2D eigenvalue weighted by molar-refractivity contribution is 7.92. The molecule has 4 aromatic carbocycles. The quantitative estimate of drug-likeness (QED) is 0.173. The number of carbonyl (C=O) groups excluding carboxylic acids is 2. The third-order valence-corrected chi connectivity index (χ3v) is 10.7. The van der Waals surface area contributed by atoms with Gasteiger partial charge >= 0.3 is 0 Å². The van der Waals surface area contributed by atoms with Crippen LogP contribution in [-0.4, -0.2) is 43.8 Å². The van der Waals surface area contributed by atoms with Gasteiger partial charge in [-0.25, -0.2) is 8.42 Å². The molecular weight excluding hydrogens is 630 g/mol. The summed E-state index contributed by atoms with van der Waals surface area (Å²) in [7, 11) is -4.18. The maximum atomic E-state index is 14.7. The molecule has 1 aliphatic carbocycles. The van der Waals surface area contributed by atoms with Gasteiger partial charge in [0.05, 0.1) is 10.6 Å². The summed E-state index contributed by atoms with van der Waals surface area (Å²) in [4.78, 5) is 30.5. The predicted molar refractivity (Wildman–Crippen MR) is 188 cm³/mol. The van der Waals surface area contributed by atoms with Crippen LogP contribution in [0.3, 0.4) is 0 Å². The molecule has 5 rings (SSSR count). The van der Waals surface area contributed by atoms with E-state index in [9.17, 15) is 18.0 Å². The molecule has 0 radical (unpaired) electrons. The average Bonchev–Trinajstić information content (AvgIpc) is 3.56. The van der Waals surface area contributed by atoms with Gasteiger partial charge < -0.3 is 10.2 Å². The number of sulfonamides is 1. The first-order valence-corrected chi connectivity index (χ1v) is 17.9. The standard InChI is InChI=1S/C38H42ClN3O4S/c1-27-17-20-34(21-18-27)47(45,46)42(35-22-28(2)16-19-29(35)3)26-37(43)41(25-31-12-9-13-32(39)23-31)36(24-30-10-5-4-6-11-30)38(44)40-33-14-7-8-15-33/h4-6,9-13,16-23,33,36H,7-8,14-15,24-26H2,1-3H3,(H,40,44)/t36-/m0/s1. The van der Waals surface area contributed by atoms with Crippen molar-refractivity contribution in [3.63, 3.8) is 0 Å². The second-order valence-corrected chi connectivity index (χ2v) is 14.8. The van der Waals surface area contributed by atoms with E-state index in [1.165, 1.54) is 9.21 Å². The first-order valence-electron chi connectivity index (χ1n) is 16.1. The Morgan fingerprint density at radius 3 is 2.17 bits per heavy atom. The molecule has 1 aliphatic rings. The lowest BCUT2D eigenvalue weighted by Crippen LogP contribution is -2.54. The number of amides is 2. The van der Waals surface area contributed by atoms with Gasteiger partial charge in [0.25, 0.3) is 10.0 Å². The van der Waals surface area contributed by atoms with Gasteiger partial charge in [0.1, 0.15) is 12.6 Å². The second kappa shape index (κ2) is 15.2. The summed E-state index contributed by atoms with van der Waals surface area (Å²) in [6, 6.07) is 28.0. The molecule has 0 bridgehead atoms. The Morgan fingerprint density at radius 2 is 1.49 bits per heavy atom. The van der Waals surface area contributed by atoms with Crippen molar-refractivity contribution in [3.8, 4) is 0 Å². The summed E-state index contributed by atoms with van der Waals surface area (Å²) in [5.41, 5.74) is 4.52. The van der Waals surface area contributed by atoms with Crippen molar-refractivity contribution in [1.82, 2.24) is 10.2 Å². The molecule has 1 saturated carbocycles. The SMILES string of the molecule is Cc1ccc(S(=O)(=O)N(CC(=O)N(Cc2cccc(Cl)c2)[C@@H](Cc2ccccc2)C(=O)NC2CCCC2)c2cc(C)ccc2C)cc1. The molecular formula is C38H42ClN3O4S. The number of nitrogens with one attached hydrogen (secondary N) is 1. The highest BCUT2D eigenvalue weighted by Gasteiger charge is 2.36. The van der Waals surface area contributed by atoms with Crippen molar-refractivity contribution < 1.29 is 18.0 Å². The number of rotatable bonds is 12. The van der Waals surface area contributed by atoms with E-state index in [-0.39, 0.29) is 29.8 Å². The number of nitrogens with zero attached hydrogens (tertiary/aromatic N) is 2. The zero-order valence-corrected chi connectivity index (χ0v) is 28.7. The molecule has 0 heterocycles. The van der Waals surface area contributed by atoms with E-state index in [1.54, 1.807) is 48.5 Å². The number of hydrogen-bond acceptors (Lipinski definition) is 4. The molecule has 4 aromatic rings. The third kappa shape index (κ3) is 8.62. The number of carbonyl (C=O) groups is 2. The number of anilines is 1. The van der Waals surface area contributed by atoms with Gasteiger partial charge in [-0.3, -0.25) is 13.9 Å². The smallest absolute Gasteiger partial charge is 0.264 e. The summed E-state index contributed by atoms with van der Waals surface area (Å²) in [6.07, 6.45) is 4.13. The van der Waals surface area contributed by atoms with E-state index in [2.05, 4.69) is 5.32 Å². The normalized spacial score (nSPS) is 14.0. The van der Waals surface area contributed by atoms with Crippen LogP contribution < -0.4 is 9.62 Å². The van der Waals surface area contributed by atoms with Crippen LogP contribution in [0.15, 0.2) is 102 Å². The fraction of sp³-hybridized carbons (Fsp3) is 0.316. The van der Waals surface area contributed by atoms with E-state index in [4.69, 9.17) is 11.6 Å². The van der Waals surface area contributed by atoms with Crippen molar-refractivity contribution >= 4 is 39.1 Å². The fourth-order valence-corrected chi connectivity index (χ4v) is 7.78. The Balaban J connectivity index is 1.59. The lowest BCUT2D eigenvalue weighted by Gasteiger charge is -2.34. The zero-order valence-electron chi connectivity index (χ0n) is 27.2. The molecule has 1 fully saturated rings. The van der Waals surface area contributed by atoms with Crippen LogP contribution in [0.5, 0.6) is 0 Å². The number of aryl methyl sites for hydroxylation is 3. The van der Waals surface area contributed by atoms with E-state index < -0.39 is 28.5 Å². The Kier molecular flexibility index (Phi) is 11.0. The van der Waals surface area contributed by atoms with Crippen molar-refractivity contribution in [2.24, 2.45) is 0 Å². The maximum Gasteiger partial charge on any atom is 0.264 e. The minimum absolute atomic E-state index is 0.0391. The van der Waals surface area contributed by atoms with Gasteiger partial charge in [-0.1, -0.05) is 96.7 Å². The minimum Gasteiger partial charge on any atom is -0.352 e. The highest BCUT2D eigenvalue weighted by Crippen LogP contribution is 2.29. The summed E-state index contributed by atoms with van der Waals surface area (Å²) in [5.74, 6) is -0.750. The number of benzene rings is 4. The molecule has 7 nitrogen and oxygen atoms in total.